The summed E-state index contributed by atoms with van der Waals surface area (Å²) in [7, 11) is 0. The van der Waals surface area contributed by atoms with Gasteiger partial charge >= 0.3 is 48.1 Å². The fourth-order valence-corrected chi connectivity index (χ4v) is 1.76. The van der Waals surface area contributed by atoms with Gasteiger partial charge in [-0.1, -0.05) is 0 Å². The molecule has 1 saturated heterocycles. The van der Waals surface area contributed by atoms with Gasteiger partial charge in [0.05, 0.1) is 0 Å². The summed E-state index contributed by atoms with van der Waals surface area (Å²) in [6.07, 6.45) is 0. The van der Waals surface area contributed by atoms with Gasteiger partial charge in [0.1, 0.15) is 0 Å². The van der Waals surface area contributed by atoms with Crippen LogP contribution in [0.25, 0.3) is 0 Å². The molecule has 0 saturated carbocycles. The van der Waals surface area contributed by atoms with Crippen LogP contribution in [0.3, 0.4) is 0 Å². The van der Waals surface area contributed by atoms with E-state index in [1.807, 2.05) is 0 Å². The number of nitrogens with one attached hydrogen (secondary N) is 1. The first-order chi connectivity index (χ1) is 3.39. The van der Waals surface area contributed by atoms with Gasteiger partial charge in [0.2, 0.25) is 0 Å². The summed E-state index contributed by atoms with van der Waals surface area (Å²) in [4.78, 5) is 0. The van der Waals surface area contributed by atoms with Crippen LogP contribution in [0.2, 0.25) is 0 Å². The van der Waals surface area contributed by atoms with E-state index in [2.05, 4.69) is 5.32 Å². The number of rotatable bonds is 0. The van der Waals surface area contributed by atoms with Gasteiger partial charge in [-0.2, -0.15) is 0 Å². The number of nitrogens with zero attached hydrogens (tertiary/aromatic N) is 1. The third-order valence-electron chi connectivity index (χ3n) is 0.739. The molecule has 0 atom stereocenters. The van der Waals surface area contributed by atoms with E-state index in [1.165, 1.54) is 5.06 Å². The zero-order valence-corrected chi connectivity index (χ0v) is 5.64. The number of hydrogen-bond donors (Lipinski definition) is 2. The molecule has 0 radical (unpaired) electrons. The average molecular weight is 167 g/mol. The first kappa shape index (κ1) is 5.53. The molecule has 0 aromatic heterocycles. The van der Waals surface area contributed by atoms with Crippen molar-refractivity contribution in [1.82, 2.24) is 10.4 Å². The third-order valence-corrected chi connectivity index (χ3v) is 2.60. The fraction of sp³-hybridized carbons (Fsp3) is 1.00. The predicted octanol–water partition coefficient (Wildman–Crippen LogP) is -1.14. The van der Waals surface area contributed by atoms with Crippen LogP contribution >= 0.6 is 0 Å². The second kappa shape index (κ2) is 2.64. The molecule has 0 unspecified atom stereocenters. The van der Waals surface area contributed by atoms with Crippen molar-refractivity contribution < 1.29 is 5.21 Å². The first-order valence-corrected chi connectivity index (χ1v) is 4.54. The van der Waals surface area contributed by atoms with Crippen molar-refractivity contribution in [1.29, 1.82) is 0 Å². The van der Waals surface area contributed by atoms with E-state index in [0.29, 0.717) is 21.6 Å². The summed E-state index contributed by atoms with van der Waals surface area (Å²) in [6, 6.07) is 0. The summed E-state index contributed by atoms with van der Waals surface area (Å²) < 4.78 is 0. The Labute approximate surface area is 48.8 Å². The van der Waals surface area contributed by atoms with Crippen molar-refractivity contribution >= 4 is 15.0 Å². The van der Waals surface area contributed by atoms with Gasteiger partial charge in [-0.25, -0.2) is 0 Å². The Balaban J connectivity index is 2.12. The molecule has 0 aromatic carbocycles. The Bertz CT molecular complexity index is 54.9. The van der Waals surface area contributed by atoms with Crippen LogP contribution in [0, 0.1) is 0 Å². The number of hydroxylamine groups is 2. The Kier molecular flexibility index (Phi) is 2.09. The molecule has 4 heteroatoms. The molecule has 0 aliphatic carbocycles. The van der Waals surface area contributed by atoms with E-state index in [1.54, 1.807) is 0 Å². The van der Waals surface area contributed by atoms with Crippen LogP contribution in [0.4, 0.5) is 0 Å². The topological polar surface area (TPSA) is 35.5 Å². The molecule has 1 fully saturated rings. The summed E-state index contributed by atoms with van der Waals surface area (Å²) in [5.74, 6) is 0. The Hall–Kier alpha value is 0.399. The van der Waals surface area contributed by atoms with Crippen molar-refractivity contribution in [3.63, 3.8) is 0 Å². The SMILES string of the molecule is ON1CNC[Se]C1. The quantitative estimate of drug-likeness (QED) is 0.447. The van der Waals surface area contributed by atoms with Crippen molar-refractivity contribution in [3.8, 4) is 0 Å². The van der Waals surface area contributed by atoms with Crippen LogP contribution in [0.15, 0.2) is 0 Å². The summed E-state index contributed by atoms with van der Waals surface area (Å²) in [6.45, 7) is 0.641. The van der Waals surface area contributed by atoms with Crippen LogP contribution in [-0.4, -0.2) is 42.8 Å². The van der Waals surface area contributed by atoms with Crippen molar-refractivity contribution in [2.24, 2.45) is 0 Å². The van der Waals surface area contributed by atoms with E-state index in [4.69, 9.17) is 5.21 Å². The van der Waals surface area contributed by atoms with Crippen LogP contribution in [0.1, 0.15) is 0 Å². The Morgan fingerprint density at radius 1 is 1.71 bits per heavy atom. The van der Waals surface area contributed by atoms with E-state index in [0.717, 1.165) is 10.9 Å². The molecule has 2 N–H and O–H groups in total. The molecular formula is C3H8N2OSe. The zero-order chi connectivity index (χ0) is 5.11. The minimum absolute atomic E-state index is 0.590. The van der Waals surface area contributed by atoms with Gasteiger partial charge < -0.3 is 0 Å². The minimum atomic E-state index is 0.590. The maximum atomic E-state index is 8.70. The Morgan fingerprint density at radius 2 is 2.57 bits per heavy atom. The molecule has 0 spiro atoms. The van der Waals surface area contributed by atoms with Gasteiger partial charge in [-0.15, -0.1) is 0 Å². The normalized spacial score (nSPS) is 25.3. The molecular weight excluding hydrogens is 159 g/mol. The zero-order valence-electron chi connectivity index (χ0n) is 3.92. The molecule has 42 valence electrons. The molecule has 0 aromatic rings. The van der Waals surface area contributed by atoms with Crippen molar-refractivity contribution in [3.05, 3.63) is 0 Å². The number of hydrogen-bond acceptors (Lipinski definition) is 3. The fourth-order valence-electron chi connectivity index (χ4n) is 0.444. The van der Waals surface area contributed by atoms with Gasteiger partial charge in [0.25, 0.3) is 0 Å². The second-order valence-electron chi connectivity index (χ2n) is 1.39. The van der Waals surface area contributed by atoms with Crippen LogP contribution in [0.5, 0.6) is 0 Å². The maximum absolute atomic E-state index is 8.70. The summed E-state index contributed by atoms with van der Waals surface area (Å²) in [5, 5.41) is 13.0. The van der Waals surface area contributed by atoms with Crippen molar-refractivity contribution in [2.75, 3.05) is 17.6 Å². The van der Waals surface area contributed by atoms with E-state index in [-0.39, 0.29) is 0 Å². The van der Waals surface area contributed by atoms with Crippen molar-refractivity contribution in [2.45, 2.75) is 0 Å². The summed E-state index contributed by atoms with van der Waals surface area (Å²) >= 11 is 0.590. The van der Waals surface area contributed by atoms with E-state index < -0.39 is 0 Å². The monoisotopic (exact) mass is 168 g/mol. The van der Waals surface area contributed by atoms with Crippen LogP contribution in [-0.2, 0) is 0 Å². The molecule has 0 amide bonds. The molecule has 1 heterocycles. The van der Waals surface area contributed by atoms with Gasteiger partial charge in [-0.3, -0.25) is 0 Å². The standard InChI is InChI=1S/C3H8N2OSe/c6-5-1-4-2-7-3-5/h4,6H,1-3H2. The first-order valence-electron chi connectivity index (χ1n) is 2.12. The molecule has 3 nitrogen and oxygen atoms in total. The molecule has 1 aliphatic heterocycles. The summed E-state index contributed by atoms with van der Waals surface area (Å²) in [5.41, 5.74) is 1.98. The molecule has 0 bridgehead atoms. The average Bonchev–Trinajstić information content (AvgIpc) is 1.69. The van der Waals surface area contributed by atoms with Crippen LogP contribution < -0.4 is 5.32 Å². The van der Waals surface area contributed by atoms with E-state index in [9.17, 15) is 0 Å². The molecule has 1 rings (SSSR count). The Morgan fingerprint density at radius 3 is 2.86 bits per heavy atom. The predicted molar refractivity (Wildman–Crippen MR) is 27.1 cm³/mol. The van der Waals surface area contributed by atoms with E-state index >= 15 is 0 Å². The molecule has 7 heavy (non-hydrogen) atoms. The van der Waals surface area contributed by atoms with Gasteiger partial charge in [-0.05, 0) is 0 Å². The third kappa shape index (κ3) is 1.76. The van der Waals surface area contributed by atoms with Gasteiger partial charge in [0.15, 0.2) is 0 Å². The molecule has 1 aliphatic rings. The second-order valence-corrected chi connectivity index (χ2v) is 3.40. The van der Waals surface area contributed by atoms with Gasteiger partial charge in [0, 0.05) is 0 Å².